The van der Waals surface area contributed by atoms with Crippen molar-refractivity contribution in [3.8, 4) is 17.2 Å². The van der Waals surface area contributed by atoms with Gasteiger partial charge < -0.3 is 19.6 Å². The molecule has 0 unspecified atom stereocenters. The molecule has 72 valence electrons. The van der Waals surface area contributed by atoms with E-state index in [1.807, 2.05) is 0 Å². The van der Waals surface area contributed by atoms with Crippen LogP contribution in [0.1, 0.15) is 10.4 Å². The van der Waals surface area contributed by atoms with E-state index < -0.39 is 23.2 Å². The molecule has 0 heterocycles. The molecule has 0 bridgehead atoms. The zero-order chi connectivity index (χ0) is 10.0. The minimum absolute atomic E-state index is 0. The number of halogens is 1. The summed E-state index contributed by atoms with van der Waals surface area (Å²) in [7, 11) is 0. The first-order valence-corrected chi connectivity index (χ1v) is 3.45. The van der Waals surface area contributed by atoms with Gasteiger partial charge in [0.15, 0.2) is 17.2 Å². The van der Waals surface area contributed by atoms with E-state index in [0.29, 0.717) is 0 Å². The van der Waals surface area contributed by atoms with Crippen LogP contribution in [0, 0.1) is 0 Å². The first-order chi connectivity index (χ1) is 6.06. The maximum atomic E-state index is 10.8. The Morgan fingerprint density at radius 3 is 2.00 bits per heavy atom. The monoisotopic (exact) mass is 228 g/mol. The fourth-order valence-electron chi connectivity index (χ4n) is 0.767. The summed E-state index contributed by atoms with van der Waals surface area (Å²) in [6, 6.07) is 1.83. The Balaban J connectivity index is 0.00000169. The third kappa shape index (κ3) is 2.68. The fourth-order valence-corrected chi connectivity index (χ4v) is 0.856. The molecule has 1 aromatic rings. The standard InChI is InChI=1S/C7H5ClO5.Na.H/c8-13-7(12)3-1-4(9)6(11)5(10)2-3;;/h1-2,9-11H;;. The van der Waals surface area contributed by atoms with Crippen LogP contribution in [0.3, 0.4) is 0 Å². The van der Waals surface area contributed by atoms with E-state index in [9.17, 15) is 4.79 Å². The summed E-state index contributed by atoms with van der Waals surface area (Å²) in [6.45, 7) is 0. The van der Waals surface area contributed by atoms with Gasteiger partial charge in [-0.1, -0.05) is 0 Å². The van der Waals surface area contributed by atoms with E-state index in [2.05, 4.69) is 4.29 Å². The molecular weight excluding hydrogens is 223 g/mol. The van der Waals surface area contributed by atoms with Gasteiger partial charge in [0.05, 0.1) is 5.56 Å². The van der Waals surface area contributed by atoms with Crippen molar-refractivity contribution in [3.05, 3.63) is 17.7 Å². The van der Waals surface area contributed by atoms with Gasteiger partial charge in [-0.25, -0.2) is 4.79 Å². The Bertz CT molecular complexity index is 331. The molecule has 1 aromatic carbocycles. The van der Waals surface area contributed by atoms with Gasteiger partial charge in [-0.3, -0.25) is 0 Å². The molecule has 1 rings (SSSR count). The van der Waals surface area contributed by atoms with Gasteiger partial charge in [0.25, 0.3) is 0 Å². The molecule has 14 heavy (non-hydrogen) atoms. The van der Waals surface area contributed by atoms with Gasteiger partial charge in [0.2, 0.25) is 0 Å². The van der Waals surface area contributed by atoms with E-state index in [0.717, 1.165) is 12.1 Å². The Kier molecular flexibility index (Phi) is 5.07. The number of carbonyl (C=O) groups excluding carboxylic acids is 1. The van der Waals surface area contributed by atoms with Crippen molar-refractivity contribution in [3.63, 3.8) is 0 Å². The summed E-state index contributed by atoms with van der Waals surface area (Å²) in [5, 5.41) is 26.8. The molecular formula is C7H6ClNaO5. The third-order valence-electron chi connectivity index (χ3n) is 1.38. The summed E-state index contributed by atoms with van der Waals surface area (Å²) in [5.74, 6) is -2.90. The second kappa shape index (κ2) is 5.31. The summed E-state index contributed by atoms with van der Waals surface area (Å²) in [6.07, 6.45) is 0. The molecule has 0 aromatic heterocycles. The van der Waals surface area contributed by atoms with Crippen molar-refractivity contribution in [2.75, 3.05) is 0 Å². The quantitative estimate of drug-likeness (QED) is 0.480. The first-order valence-electron chi connectivity index (χ1n) is 3.14. The number of phenols is 3. The van der Waals surface area contributed by atoms with Crippen LogP contribution in [-0.4, -0.2) is 50.8 Å². The van der Waals surface area contributed by atoms with Crippen molar-refractivity contribution >= 4 is 47.4 Å². The van der Waals surface area contributed by atoms with Crippen LogP contribution < -0.4 is 0 Å². The van der Waals surface area contributed by atoms with E-state index in [1.54, 1.807) is 0 Å². The van der Waals surface area contributed by atoms with Crippen LogP contribution in [0.4, 0.5) is 0 Å². The Labute approximate surface area is 106 Å². The number of aromatic hydroxyl groups is 3. The Morgan fingerprint density at radius 1 is 1.21 bits per heavy atom. The van der Waals surface area contributed by atoms with Crippen molar-refractivity contribution in [2.45, 2.75) is 0 Å². The third-order valence-corrected chi connectivity index (χ3v) is 1.52. The van der Waals surface area contributed by atoms with Crippen LogP contribution in [0.5, 0.6) is 17.2 Å². The Morgan fingerprint density at radius 2 is 1.64 bits per heavy atom. The van der Waals surface area contributed by atoms with Crippen molar-refractivity contribution < 1.29 is 24.4 Å². The van der Waals surface area contributed by atoms with Crippen molar-refractivity contribution in [1.82, 2.24) is 0 Å². The molecule has 0 spiro atoms. The first kappa shape index (κ1) is 13.4. The number of carbonyl (C=O) groups is 1. The van der Waals surface area contributed by atoms with Crippen LogP contribution in [0.15, 0.2) is 12.1 Å². The molecule has 0 aliphatic rings. The van der Waals surface area contributed by atoms with Gasteiger partial charge in [0.1, 0.15) is 11.9 Å². The second-order valence-corrected chi connectivity index (χ2v) is 2.38. The number of rotatable bonds is 1. The average molecular weight is 229 g/mol. The Hall–Kier alpha value is -0.620. The molecule has 0 saturated carbocycles. The zero-order valence-electron chi connectivity index (χ0n) is 6.19. The molecule has 0 radical (unpaired) electrons. The van der Waals surface area contributed by atoms with Gasteiger partial charge in [0, 0.05) is 0 Å². The SMILES string of the molecule is O=C(OCl)c1cc(O)c(O)c(O)c1.[NaH]. The second-order valence-electron chi connectivity index (χ2n) is 2.23. The van der Waals surface area contributed by atoms with Gasteiger partial charge in [-0.05, 0) is 12.1 Å². The van der Waals surface area contributed by atoms with E-state index in [-0.39, 0.29) is 35.1 Å². The van der Waals surface area contributed by atoms with Crippen LogP contribution in [-0.2, 0) is 4.29 Å². The number of hydrogen-bond acceptors (Lipinski definition) is 5. The van der Waals surface area contributed by atoms with Crippen LogP contribution in [0.2, 0.25) is 0 Å². The summed E-state index contributed by atoms with van der Waals surface area (Å²) < 4.78 is 3.82. The van der Waals surface area contributed by atoms with Gasteiger partial charge >= 0.3 is 35.5 Å². The van der Waals surface area contributed by atoms with E-state index in [1.165, 1.54) is 0 Å². The van der Waals surface area contributed by atoms with Crippen molar-refractivity contribution in [1.29, 1.82) is 0 Å². The molecule has 0 aliphatic carbocycles. The summed E-state index contributed by atoms with van der Waals surface area (Å²) in [5.41, 5.74) is -0.164. The van der Waals surface area contributed by atoms with Crippen LogP contribution >= 0.6 is 11.9 Å². The van der Waals surface area contributed by atoms with Crippen molar-refractivity contribution in [2.24, 2.45) is 0 Å². The maximum absolute atomic E-state index is 10.8. The molecule has 3 N–H and O–H groups in total. The normalized spacial score (nSPS) is 8.93. The minimum atomic E-state index is -0.938. The molecule has 0 fully saturated rings. The molecule has 0 saturated heterocycles. The summed E-state index contributed by atoms with van der Waals surface area (Å²) >= 11 is 4.76. The number of phenolic OH excluding ortho intramolecular Hbond substituents is 3. The summed E-state index contributed by atoms with van der Waals surface area (Å²) in [4.78, 5) is 10.8. The van der Waals surface area contributed by atoms with Crippen LogP contribution in [0.25, 0.3) is 0 Å². The average Bonchev–Trinajstić information content (AvgIpc) is 2.12. The zero-order valence-corrected chi connectivity index (χ0v) is 6.95. The number of benzene rings is 1. The molecule has 0 atom stereocenters. The predicted octanol–water partition coefficient (Wildman–Crippen LogP) is 0.465. The molecule has 5 nitrogen and oxygen atoms in total. The van der Waals surface area contributed by atoms with Gasteiger partial charge in [-0.15, -0.1) is 0 Å². The van der Waals surface area contributed by atoms with Gasteiger partial charge in [-0.2, -0.15) is 0 Å². The topological polar surface area (TPSA) is 87.0 Å². The predicted molar refractivity (Wildman–Crippen MR) is 49.9 cm³/mol. The van der Waals surface area contributed by atoms with E-state index in [4.69, 9.17) is 27.2 Å². The molecule has 0 aliphatic heterocycles. The van der Waals surface area contributed by atoms with E-state index >= 15 is 0 Å². The number of hydrogen-bond donors (Lipinski definition) is 3. The fraction of sp³-hybridized carbons (Fsp3) is 0. The molecule has 0 amide bonds. The molecule has 7 heteroatoms.